The van der Waals surface area contributed by atoms with Crippen molar-refractivity contribution in [1.29, 1.82) is 0 Å². The SMILES string of the molecule is O=C([O-])CN(CCN(CC(=O)O)CC(=O)O)CC(=O)[O-].OCCOCCO.[Na+].[Na+]. The first-order valence-corrected chi connectivity index (χ1v) is 7.69. The summed E-state index contributed by atoms with van der Waals surface area (Å²) in [5.41, 5.74) is 0. The molecule has 0 spiro atoms. The summed E-state index contributed by atoms with van der Waals surface area (Å²) < 4.78 is 4.63. The molecule has 158 valence electrons. The molecule has 0 bridgehead atoms. The van der Waals surface area contributed by atoms with Gasteiger partial charge in [0.25, 0.3) is 0 Å². The number of aliphatic hydroxyl groups excluding tert-OH is 2. The average Bonchev–Trinajstić information content (AvgIpc) is 2.51. The number of aliphatic carboxylic acids is 4. The van der Waals surface area contributed by atoms with Crippen molar-refractivity contribution < 1.29 is 114 Å². The number of hydrogen-bond acceptors (Lipinski definition) is 11. The van der Waals surface area contributed by atoms with Crippen molar-refractivity contribution in [1.82, 2.24) is 9.80 Å². The Bertz CT molecular complexity index is 397. The number of aliphatic hydroxyl groups is 2. The van der Waals surface area contributed by atoms with Gasteiger partial charge < -0.3 is 45.0 Å². The Labute approximate surface area is 211 Å². The molecular weight excluding hydrogens is 418 g/mol. The van der Waals surface area contributed by atoms with E-state index in [9.17, 15) is 29.4 Å². The largest absolute Gasteiger partial charge is 1.00 e. The third kappa shape index (κ3) is 30.0. The number of hydrogen-bond donors (Lipinski definition) is 4. The molecule has 0 unspecified atom stereocenters. The topological polar surface area (TPSA) is 211 Å². The molecule has 0 aliphatic carbocycles. The standard InChI is InChI=1S/C10H16N2O8.C4H10O3.2Na/c13-7(14)3-11(4-8(15)16)1-2-12(5-9(17)18)6-10(19)20;5-1-3-7-4-2-6;;/h1-6H2,(H,13,14)(H,15,16)(H,17,18)(H,19,20);5-6H,1-4H2;;/q;;2*+1/p-2. The van der Waals surface area contributed by atoms with Crippen LogP contribution in [0.4, 0.5) is 0 Å². The molecule has 0 saturated heterocycles. The van der Waals surface area contributed by atoms with Crippen LogP contribution in [0.2, 0.25) is 0 Å². The van der Waals surface area contributed by atoms with Crippen LogP contribution in [0.3, 0.4) is 0 Å². The van der Waals surface area contributed by atoms with E-state index < -0.39 is 50.1 Å². The van der Waals surface area contributed by atoms with Crippen molar-refractivity contribution in [2.75, 3.05) is 65.7 Å². The molecular formula is C14H24N2Na2O11. The molecule has 0 aliphatic heterocycles. The first-order valence-electron chi connectivity index (χ1n) is 7.69. The van der Waals surface area contributed by atoms with Crippen LogP contribution < -0.4 is 69.3 Å². The number of nitrogens with zero attached hydrogens (tertiary/aromatic N) is 2. The van der Waals surface area contributed by atoms with E-state index in [0.717, 1.165) is 9.80 Å². The minimum Gasteiger partial charge on any atom is -0.549 e. The van der Waals surface area contributed by atoms with Crippen LogP contribution in [0.15, 0.2) is 0 Å². The van der Waals surface area contributed by atoms with Crippen LogP contribution in [-0.4, -0.2) is 120 Å². The van der Waals surface area contributed by atoms with E-state index in [1.807, 2.05) is 0 Å². The minimum atomic E-state index is -1.51. The Morgan fingerprint density at radius 1 is 0.690 bits per heavy atom. The van der Waals surface area contributed by atoms with E-state index in [4.69, 9.17) is 20.4 Å². The number of carbonyl (C=O) groups excluding carboxylic acids is 2. The van der Waals surface area contributed by atoms with Crippen LogP contribution >= 0.6 is 0 Å². The van der Waals surface area contributed by atoms with Gasteiger partial charge in [-0.2, -0.15) is 0 Å². The second-order valence-corrected chi connectivity index (χ2v) is 5.01. The maximum Gasteiger partial charge on any atom is 1.00 e. The summed E-state index contributed by atoms with van der Waals surface area (Å²) in [7, 11) is 0. The van der Waals surface area contributed by atoms with Gasteiger partial charge in [-0.15, -0.1) is 0 Å². The molecule has 0 atom stereocenters. The van der Waals surface area contributed by atoms with E-state index in [-0.39, 0.29) is 85.4 Å². The fourth-order valence-corrected chi connectivity index (χ4v) is 1.69. The summed E-state index contributed by atoms with van der Waals surface area (Å²) in [5.74, 6) is -5.52. The van der Waals surface area contributed by atoms with Gasteiger partial charge >= 0.3 is 71.1 Å². The van der Waals surface area contributed by atoms with Crippen LogP contribution in [0, 0.1) is 0 Å². The molecule has 0 aliphatic rings. The van der Waals surface area contributed by atoms with E-state index >= 15 is 0 Å². The fourth-order valence-electron chi connectivity index (χ4n) is 1.69. The van der Waals surface area contributed by atoms with E-state index in [2.05, 4.69) is 4.74 Å². The van der Waals surface area contributed by atoms with Crippen LogP contribution in [-0.2, 0) is 23.9 Å². The molecule has 0 aromatic carbocycles. The molecule has 4 N–H and O–H groups in total. The number of carboxylic acids is 4. The molecule has 15 heteroatoms. The Hall–Kier alpha value is -0.320. The van der Waals surface area contributed by atoms with Crippen molar-refractivity contribution in [3.05, 3.63) is 0 Å². The van der Waals surface area contributed by atoms with Gasteiger partial charge in [-0.05, 0) is 0 Å². The Balaban J connectivity index is -0.000000298. The van der Waals surface area contributed by atoms with Gasteiger partial charge in [-0.25, -0.2) is 0 Å². The molecule has 13 nitrogen and oxygen atoms in total. The van der Waals surface area contributed by atoms with E-state index in [1.165, 1.54) is 0 Å². The third-order valence-electron chi connectivity index (χ3n) is 2.63. The molecule has 29 heavy (non-hydrogen) atoms. The number of rotatable bonds is 15. The van der Waals surface area contributed by atoms with Crippen LogP contribution in [0.25, 0.3) is 0 Å². The average molecular weight is 442 g/mol. The second kappa shape index (κ2) is 24.0. The molecule has 0 radical (unpaired) electrons. The summed E-state index contributed by atoms with van der Waals surface area (Å²) in [6, 6.07) is 0. The summed E-state index contributed by atoms with van der Waals surface area (Å²) in [5, 5.41) is 54.2. The molecule has 0 saturated carbocycles. The normalized spacial score (nSPS) is 9.66. The Kier molecular flexibility index (Phi) is 29.8. The molecule has 0 rings (SSSR count). The number of ether oxygens (including phenoxy) is 1. The smallest absolute Gasteiger partial charge is 0.549 e. The van der Waals surface area contributed by atoms with Gasteiger partial charge in [0.15, 0.2) is 0 Å². The summed E-state index contributed by atoms with van der Waals surface area (Å²) in [6.07, 6.45) is 0. The van der Waals surface area contributed by atoms with Gasteiger partial charge in [0.1, 0.15) is 0 Å². The van der Waals surface area contributed by atoms with Gasteiger partial charge in [-0.3, -0.25) is 19.4 Å². The first kappa shape index (κ1) is 36.1. The minimum absolute atomic E-state index is 0. The molecule has 0 amide bonds. The Morgan fingerprint density at radius 3 is 1.24 bits per heavy atom. The molecule has 0 aromatic rings. The molecule has 0 aromatic heterocycles. The quantitative estimate of drug-likeness (QED) is 0.137. The van der Waals surface area contributed by atoms with Crippen LogP contribution in [0.1, 0.15) is 0 Å². The predicted molar refractivity (Wildman–Crippen MR) is 83.2 cm³/mol. The summed E-state index contributed by atoms with van der Waals surface area (Å²) in [4.78, 5) is 43.9. The summed E-state index contributed by atoms with van der Waals surface area (Å²) in [6.45, 7) is -2.06. The van der Waals surface area contributed by atoms with E-state index in [0.29, 0.717) is 13.2 Å². The number of carbonyl (C=O) groups is 4. The van der Waals surface area contributed by atoms with Gasteiger partial charge in [0, 0.05) is 26.2 Å². The number of carboxylic acid groups (broad SMARTS) is 4. The van der Waals surface area contributed by atoms with Gasteiger partial charge in [0.05, 0.1) is 51.5 Å². The fraction of sp³-hybridized carbons (Fsp3) is 0.714. The van der Waals surface area contributed by atoms with Crippen LogP contribution in [0.5, 0.6) is 0 Å². The first-order chi connectivity index (χ1) is 12.6. The maximum absolute atomic E-state index is 10.5. The monoisotopic (exact) mass is 442 g/mol. The zero-order valence-electron chi connectivity index (χ0n) is 16.6. The zero-order chi connectivity index (χ0) is 21.2. The third-order valence-corrected chi connectivity index (χ3v) is 2.63. The predicted octanol–water partition coefficient (Wildman–Crippen LogP) is -11.7. The maximum atomic E-state index is 10.5. The summed E-state index contributed by atoms with van der Waals surface area (Å²) >= 11 is 0. The van der Waals surface area contributed by atoms with Crippen molar-refractivity contribution in [3.63, 3.8) is 0 Å². The second-order valence-electron chi connectivity index (χ2n) is 5.01. The van der Waals surface area contributed by atoms with E-state index in [1.54, 1.807) is 0 Å². The zero-order valence-corrected chi connectivity index (χ0v) is 20.6. The molecule has 0 fully saturated rings. The Morgan fingerprint density at radius 2 is 1.00 bits per heavy atom. The molecule has 0 heterocycles. The van der Waals surface area contributed by atoms with Crippen molar-refractivity contribution >= 4 is 23.9 Å². The van der Waals surface area contributed by atoms with Crippen molar-refractivity contribution in [3.8, 4) is 0 Å². The van der Waals surface area contributed by atoms with Gasteiger partial charge in [0.2, 0.25) is 0 Å². The van der Waals surface area contributed by atoms with Gasteiger partial charge in [-0.1, -0.05) is 0 Å². The van der Waals surface area contributed by atoms with Crippen molar-refractivity contribution in [2.24, 2.45) is 0 Å². The van der Waals surface area contributed by atoms with Crippen molar-refractivity contribution in [2.45, 2.75) is 0 Å².